The summed E-state index contributed by atoms with van der Waals surface area (Å²) in [4.78, 5) is 22.3. The lowest BCUT2D eigenvalue weighted by Crippen LogP contribution is -2.00. The van der Waals surface area contributed by atoms with Crippen molar-refractivity contribution in [1.82, 2.24) is 0 Å². The lowest BCUT2D eigenvalue weighted by molar-refractivity contribution is -0.384. The summed E-state index contributed by atoms with van der Waals surface area (Å²) in [5.41, 5.74) is 0.288. The molecule has 1 radical (unpaired) electrons. The molecule has 1 aromatic carbocycles. The van der Waals surface area contributed by atoms with Gasteiger partial charge in [0.1, 0.15) is 0 Å². The second-order valence-corrected chi connectivity index (χ2v) is 7.13. The molecular weight excluding hydrogens is 326 g/mol. The maximum absolute atomic E-state index is 12.1. The molecule has 145 valence electrons. The Kier molecular flexibility index (Phi) is 12.4. The quantitative estimate of drug-likeness (QED) is 0.137. The predicted molar refractivity (Wildman–Crippen MR) is 107 cm³/mol. The van der Waals surface area contributed by atoms with Crippen LogP contribution in [0.5, 0.6) is 0 Å². The van der Waals surface area contributed by atoms with Crippen LogP contribution in [0.15, 0.2) is 18.2 Å². The summed E-state index contributed by atoms with van der Waals surface area (Å²) in [6.07, 6.45) is 17.0. The van der Waals surface area contributed by atoms with Crippen molar-refractivity contribution in [3.63, 3.8) is 0 Å². The summed E-state index contributed by atoms with van der Waals surface area (Å²) >= 11 is 0. The highest BCUT2D eigenvalue weighted by atomic mass is 16.6. The standard InChI is InChI=1S/C22H34NO3/c1-2-3-4-5-6-7-8-9-10-11-12-13-14-18-22(24)20-16-15-17-21(19-20)23(25)26/h15,17,19H,2-14,18H2,1H3. The van der Waals surface area contributed by atoms with Gasteiger partial charge in [-0.1, -0.05) is 84.0 Å². The molecule has 0 bridgehead atoms. The van der Waals surface area contributed by atoms with Gasteiger partial charge in [0, 0.05) is 24.1 Å². The fourth-order valence-corrected chi connectivity index (χ4v) is 3.17. The molecule has 0 atom stereocenters. The highest BCUT2D eigenvalue weighted by Crippen LogP contribution is 2.16. The van der Waals surface area contributed by atoms with Crippen molar-refractivity contribution in [3.05, 3.63) is 39.9 Å². The first-order valence-electron chi connectivity index (χ1n) is 10.3. The van der Waals surface area contributed by atoms with Crippen LogP contribution in [0, 0.1) is 16.2 Å². The Morgan fingerprint density at radius 1 is 0.923 bits per heavy atom. The fourth-order valence-electron chi connectivity index (χ4n) is 3.17. The average Bonchev–Trinajstić information content (AvgIpc) is 2.65. The molecule has 4 nitrogen and oxygen atoms in total. The van der Waals surface area contributed by atoms with Crippen LogP contribution in [-0.2, 0) is 0 Å². The molecule has 0 N–H and O–H groups in total. The average molecular weight is 361 g/mol. The van der Waals surface area contributed by atoms with E-state index in [1.165, 1.54) is 88.8 Å². The van der Waals surface area contributed by atoms with Crippen molar-refractivity contribution in [3.8, 4) is 0 Å². The third-order valence-electron chi connectivity index (χ3n) is 4.80. The van der Waals surface area contributed by atoms with E-state index in [1.807, 2.05) is 0 Å². The van der Waals surface area contributed by atoms with E-state index in [4.69, 9.17) is 0 Å². The maximum atomic E-state index is 12.1. The van der Waals surface area contributed by atoms with Crippen LogP contribution in [0.2, 0.25) is 0 Å². The maximum Gasteiger partial charge on any atom is 0.270 e. The minimum Gasteiger partial charge on any atom is -0.294 e. The molecule has 1 aromatic rings. The van der Waals surface area contributed by atoms with Gasteiger partial charge in [-0.15, -0.1) is 0 Å². The van der Waals surface area contributed by atoms with Crippen molar-refractivity contribution in [1.29, 1.82) is 0 Å². The molecule has 0 spiro atoms. The number of carbonyl (C=O) groups is 1. The number of non-ortho nitro benzene ring substituents is 1. The van der Waals surface area contributed by atoms with Gasteiger partial charge in [0.2, 0.25) is 0 Å². The highest BCUT2D eigenvalue weighted by molar-refractivity contribution is 5.96. The van der Waals surface area contributed by atoms with Gasteiger partial charge in [0.25, 0.3) is 5.69 Å². The molecule has 0 amide bonds. The number of hydrogen-bond acceptors (Lipinski definition) is 3. The molecular formula is C22H34NO3. The summed E-state index contributed by atoms with van der Waals surface area (Å²) in [5.74, 6) is -0.0447. The zero-order valence-corrected chi connectivity index (χ0v) is 16.3. The number of hydrogen-bond donors (Lipinski definition) is 0. The summed E-state index contributed by atoms with van der Waals surface area (Å²) in [5, 5.41) is 10.7. The van der Waals surface area contributed by atoms with E-state index in [0.29, 0.717) is 12.0 Å². The Morgan fingerprint density at radius 3 is 1.92 bits per heavy atom. The van der Waals surface area contributed by atoms with E-state index >= 15 is 0 Å². The molecule has 0 saturated heterocycles. The zero-order chi connectivity index (χ0) is 19.0. The number of carbonyl (C=O) groups excluding carboxylic acids is 1. The van der Waals surface area contributed by atoms with Gasteiger partial charge >= 0.3 is 0 Å². The number of Topliss-reactive ketones (excluding diaryl/α,β-unsaturated/α-hetero) is 1. The first-order valence-corrected chi connectivity index (χ1v) is 10.3. The Bertz CT molecular complexity index is 528. The summed E-state index contributed by atoms with van der Waals surface area (Å²) in [7, 11) is 0. The number of ketones is 1. The van der Waals surface area contributed by atoms with Gasteiger partial charge in [-0.3, -0.25) is 14.9 Å². The SMILES string of the molecule is CCCCCCCCCCCCCCCC(=O)c1[c]ccc([N+](=O)[O-])c1. The lowest BCUT2D eigenvalue weighted by atomic mass is 10.0. The second kappa shape index (κ2) is 14.5. The van der Waals surface area contributed by atoms with Gasteiger partial charge in [0.05, 0.1) is 4.92 Å². The van der Waals surface area contributed by atoms with E-state index in [2.05, 4.69) is 13.0 Å². The van der Waals surface area contributed by atoms with Crippen LogP contribution >= 0.6 is 0 Å². The Morgan fingerprint density at radius 2 is 1.42 bits per heavy atom. The van der Waals surface area contributed by atoms with Gasteiger partial charge in [0.15, 0.2) is 5.78 Å². The molecule has 1 rings (SSSR count). The zero-order valence-electron chi connectivity index (χ0n) is 16.3. The minimum absolute atomic E-state index is 0.0440. The van der Waals surface area contributed by atoms with E-state index in [-0.39, 0.29) is 11.5 Å². The van der Waals surface area contributed by atoms with Crippen molar-refractivity contribution in [2.45, 2.75) is 96.8 Å². The van der Waals surface area contributed by atoms with Gasteiger partial charge in [-0.2, -0.15) is 0 Å². The number of nitro groups is 1. The smallest absolute Gasteiger partial charge is 0.270 e. The fraction of sp³-hybridized carbons (Fsp3) is 0.682. The first kappa shape index (κ1) is 22.3. The molecule has 0 unspecified atom stereocenters. The monoisotopic (exact) mass is 360 g/mol. The number of unbranched alkanes of at least 4 members (excludes halogenated alkanes) is 12. The topological polar surface area (TPSA) is 60.2 Å². The number of nitro benzene ring substituents is 1. The largest absolute Gasteiger partial charge is 0.294 e. The van der Waals surface area contributed by atoms with Crippen molar-refractivity contribution in [2.75, 3.05) is 0 Å². The second-order valence-electron chi connectivity index (χ2n) is 7.13. The van der Waals surface area contributed by atoms with Gasteiger partial charge in [-0.05, 0) is 18.6 Å². The lowest BCUT2D eigenvalue weighted by Gasteiger charge is -2.03. The van der Waals surface area contributed by atoms with Crippen LogP contribution in [0.3, 0.4) is 0 Å². The van der Waals surface area contributed by atoms with Crippen molar-refractivity contribution < 1.29 is 9.72 Å². The molecule has 0 aliphatic rings. The van der Waals surface area contributed by atoms with Crippen molar-refractivity contribution in [2.24, 2.45) is 0 Å². The molecule has 0 saturated carbocycles. The summed E-state index contributed by atoms with van der Waals surface area (Å²) in [6.45, 7) is 2.25. The first-order chi connectivity index (χ1) is 12.6. The van der Waals surface area contributed by atoms with E-state index in [1.54, 1.807) is 0 Å². The van der Waals surface area contributed by atoms with E-state index < -0.39 is 4.92 Å². The Balaban J connectivity index is 1.98. The molecule has 0 fully saturated rings. The van der Waals surface area contributed by atoms with E-state index in [0.717, 1.165) is 12.8 Å². The van der Waals surface area contributed by atoms with Crippen LogP contribution in [0.4, 0.5) is 5.69 Å². The van der Waals surface area contributed by atoms with Crippen molar-refractivity contribution >= 4 is 11.5 Å². The molecule has 0 heterocycles. The molecule has 0 aliphatic carbocycles. The summed E-state index contributed by atoms with van der Waals surface area (Å²) in [6, 6.07) is 6.95. The van der Waals surface area contributed by atoms with Crippen LogP contribution in [-0.4, -0.2) is 10.7 Å². The number of nitrogens with zero attached hydrogens (tertiary/aromatic N) is 1. The number of benzene rings is 1. The summed E-state index contributed by atoms with van der Waals surface area (Å²) < 4.78 is 0. The molecule has 26 heavy (non-hydrogen) atoms. The van der Waals surface area contributed by atoms with Gasteiger partial charge in [-0.25, -0.2) is 0 Å². The Hall–Kier alpha value is -1.71. The molecule has 4 heteroatoms. The van der Waals surface area contributed by atoms with Gasteiger partial charge < -0.3 is 0 Å². The van der Waals surface area contributed by atoms with E-state index in [9.17, 15) is 14.9 Å². The Labute approximate surface area is 158 Å². The van der Waals surface area contributed by atoms with Crippen LogP contribution < -0.4 is 0 Å². The number of rotatable bonds is 16. The third-order valence-corrected chi connectivity index (χ3v) is 4.80. The third kappa shape index (κ3) is 10.3. The van der Waals surface area contributed by atoms with Crippen LogP contribution in [0.1, 0.15) is 107 Å². The normalized spacial score (nSPS) is 10.8. The van der Waals surface area contributed by atoms with Crippen LogP contribution in [0.25, 0.3) is 0 Å². The molecule has 0 aromatic heterocycles. The highest BCUT2D eigenvalue weighted by Gasteiger charge is 2.11. The predicted octanol–water partition coefficient (Wildman–Crippen LogP) is 7.06. The molecule has 0 aliphatic heterocycles. The minimum atomic E-state index is -0.476.